The van der Waals surface area contributed by atoms with Crippen molar-refractivity contribution in [3.63, 3.8) is 0 Å². The van der Waals surface area contributed by atoms with Crippen LogP contribution in [0.1, 0.15) is 31.7 Å². The highest BCUT2D eigenvalue weighted by atomic mass is 19.4. The molecule has 0 bridgehead atoms. The summed E-state index contributed by atoms with van der Waals surface area (Å²) in [7, 11) is 1.63. The highest BCUT2D eigenvalue weighted by Gasteiger charge is 2.27. The molecule has 0 saturated carbocycles. The fourth-order valence-electron chi connectivity index (χ4n) is 1.67. The predicted octanol–water partition coefficient (Wildman–Crippen LogP) is 2.80. The minimum absolute atomic E-state index is 0.0505. The summed E-state index contributed by atoms with van der Waals surface area (Å²) < 4.78 is 41.4. The van der Waals surface area contributed by atoms with Crippen LogP contribution in [-0.4, -0.2) is 36.4 Å². The van der Waals surface area contributed by atoms with Gasteiger partial charge in [-0.2, -0.15) is 13.2 Å². The minimum Gasteiger partial charge on any atom is -0.360 e. The number of alkyl halides is 3. The number of hydrogen-bond donors (Lipinski definition) is 1. The molecule has 1 aromatic rings. The summed E-state index contributed by atoms with van der Waals surface area (Å²) in [4.78, 5) is 1.57. The second kappa shape index (κ2) is 7.64. The molecular weight excluding hydrogens is 271 g/mol. The first-order chi connectivity index (χ1) is 9.26. The van der Waals surface area contributed by atoms with Gasteiger partial charge in [-0.25, -0.2) is 0 Å². The van der Waals surface area contributed by atoms with E-state index in [9.17, 15) is 13.2 Å². The Morgan fingerprint density at radius 1 is 1.40 bits per heavy atom. The maximum Gasteiger partial charge on any atom is 0.390 e. The number of nitrogens with one attached hydrogen (secondary N) is 1. The van der Waals surface area contributed by atoms with Crippen LogP contribution in [-0.2, 0) is 13.1 Å². The van der Waals surface area contributed by atoms with Gasteiger partial charge in [0.1, 0.15) is 0 Å². The second-order valence-electron chi connectivity index (χ2n) is 5.41. The fourth-order valence-corrected chi connectivity index (χ4v) is 1.67. The minimum atomic E-state index is -4.12. The van der Waals surface area contributed by atoms with Gasteiger partial charge in [0.2, 0.25) is 0 Å². The van der Waals surface area contributed by atoms with Crippen molar-refractivity contribution in [1.29, 1.82) is 0 Å². The van der Waals surface area contributed by atoms with Gasteiger partial charge in [-0.15, -0.1) is 0 Å². The second-order valence-corrected chi connectivity index (χ2v) is 5.41. The summed E-state index contributed by atoms with van der Waals surface area (Å²) in [6.45, 7) is 5.98. The largest absolute Gasteiger partial charge is 0.390 e. The Morgan fingerprint density at radius 3 is 2.70 bits per heavy atom. The van der Waals surface area contributed by atoms with Crippen LogP contribution in [0.3, 0.4) is 0 Å². The predicted molar refractivity (Wildman–Crippen MR) is 70.1 cm³/mol. The third kappa shape index (κ3) is 7.49. The summed E-state index contributed by atoms with van der Waals surface area (Å²) in [6, 6.07) is 1.78. The molecule has 7 heteroatoms. The molecule has 0 aliphatic heterocycles. The molecule has 116 valence electrons. The van der Waals surface area contributed by atoms with Gasteiger partial charge in [0.05, 0.1) is 18.7 Å². The van der Waals surface area contributed by atoms with Gasteiger partial charge in [0, 0.05) is 19.2 Å². The zero-order chi connectivity index (χ0) is 15.2. The van der Waals surface area contributed by atoms with Gasteiger partial charge in [0.15, 0.2) is 5.76 Å². The van der Waals surface area contributed by atoms with Gasteiger partial charge < -0.3 is 9.84 Å². The van der Waals surface area contributed by atoms with Crippen molar-refractivity contribution in [2.24, 2.45) is 5.92 Å². The van der Waals surface area contributed by atoms with Crippen LogP contribution in [0, 0.1) is 5.92 Å². The third-order valence-corrected chi connectivity index (χ3v) is 2.67. The molecule has 0 radical (unpaired) electrons. The Hall–Kier alpha value is -1.08. The Bertz CT molecular complexity index is 390. The summed E-state index contributed by atoms with van der Waals surface area (Å²) in [5, 5.41) is 7.12. The van der Waals surface area contributed by atoms with Crippen LogP contribution in [0.5, 0.6) is 0 Å². The van der Waals surface area contributed by atoms with Crippen molar-refractivity contribution in [2.45, 2.75) is 39.5 Å². The molecule has 1 heterocycles. The topological polar surface area (TPSA) is 41.3 Å². The monoisotopic (exact) mass is 293 g/mol. The van der Waals surface area contributed by atoms with E-state index in [0.29, 0.717) is 24.8 Å². The van der Waals surface area contributed by atoms with E-state index in [4.69, 9.17) is 4.52 Å². The molecule has 0 saturated heterocycles. The lowest BCUT2D eigenvalue weighted by Crippen LogP contribution is -2.23. The Morgan fingerprint density at radius 2 is 2.10 bits per heavy atom. The van der Waals surface area contributed by atoms with Crippen molar-refractivity contribution >= 4 is 0 Å². The highest BCUT2D eigenvalue weighted by Crippen LogP contribution is 2.19. The lowest BCUT2D eigenvalue weighted by atomic mass is 10.2. The van der Waals surface area contributed by atoms with Crippen LogP contribution in [0.4, 0.5) is 13.2 Å². The molecule has 0 fully saturated rings. The standard InChI is InChI=1S/C13H22F3N3O/c1-10(2)7-17-8-11-6-12(20-18-11)9-19(3)5-4-13(14,15)16/h6,10,17H,4-5,7-9H2,1-3H3. The molecule has 0 aliphatic carbocycles. The van der Waals surface area contributed by atoms with Crippen molar-refractivity contribution in [2.75, 3.05) is 20.1 Å². The van der Waals surface area contributed by atoms with Crippen LogP contribution < -0.4 is 5.32 Å². The molecule has 4 nitrogen and oxygen atoms in total. The molecule has 1 rings (SSSR count). The first-order valence-corrected chi connectivity index (χ1v) is 6.66. The third-order valence-electron chi connectivity index (χ3n) is 2.67. The summed E-state index contributed by atoms with van der Waals surface area (Å²) >= 11 is 0. The first-order valence-electron chi connectivity index (χ1n) is 6.66. The summed E-state index contributed by atoms with van der Waals surface area (Å²) in [5.41, 5.74) is 0.768. The van der Waals surface area contributed by atoms with Crippen molar-refractivity contribution in [1.82, 2.24) is 15.4 Å². The van der Waals surface area contributed by atoms with Crippen LogP contribution >= 0.6 is 0 Å². The van der Waals surface area contributed by atoms with Gasteiger partial charge in [-0.3, -0.25) is 4.90 Å². The molecule has 0 atom stereocenters. The van der Waals surface area contributed by atoms with Gasteiger partial charge in [-0.05, 0) is 19.5 Å². The van der Waals surface area contributed by atoms with Crippen LogP contribution in [0.2, 0.25) is 0 Å². The number of halogens is 3. The molecule has 20 heavy (non-hydrogen) atoms. The maximum absolute atomic E-state index is 12.1. The average Bonchev–Trinajstić information content (AvgIpc) is 2.73. The number of hydrogen-bond acceptors (Lipinski definition) is 4. The lowest BCUT2D eigenvalue weighted by molar-refractivity contribution is -0.137. The normalized spacial score (nSPS) is 12.6. The van der Waals surface area contributed by atoms with Crippen molar-refractivity contribution < 1.29 is 17.7 Å². The van der Waals surface area contributed by atoms with E-state index < -0.39 is 12.6 Å². The number of rotatable bonds is 8. The quantitative estimate of drug-likeness (QED) is 0.800. The highest BCUT2D eigenvalue weighted by molar-refractivity contribution is 5.05. The molecular formula is C13H22F3N3O. The fraction of sp³-hybridized carbons (Fsp3) is 0.769. The average molecular weight is 293 g/mol. The number of nitrogens with zero attached hydrogens (tertiary/aromatic N) is 2. The maximum atomic E-state index is 12.1. The van der Waals surface area contributed by atoms with Crippen molar-refractivity contribution in [3.8, 4) is 0 Å². The summed E-state index contributed by atoms with van der Waals surface area (Å²) in [5.74, 6) is 1.13. The van der Waals surface area contributed by atoms with E-state index >= 15 is 0 Å². The molecule has 1 aromatic heterocycles. The van der Waals surface area contributed by atoms with E-state index in [2.05, 4.69) is 24.3 Å². The summed E-state index contributed by atoms with van der Waals surface area (Å²) in [6.07, 6.45) is -4.94. The molecule has 0 unspecified atom stereocenters. The molecule has 1 N–H and O–H groups in total. The number of aromatic nitrogens is 1. The van der Waals surface area contributed by atoms with Gasteiger partial charge in [0.25, 0.3) is 0 Å². The van der Waals surface area contributed by atoms with E-state index in [1.165, 1.54) is 0 Å². The Kier molecular flexibility index (Phi) is 6.48. The SMILES string of the molecule is CC(C)CNCc1cc(CN(C)CCC(F)(F)F)on1. The smallest absolute Gasteiger partial charge is 0.360 e. The Balaban J connectivity index is 2.32. The van der Waals surface area contributed by atoms with E-state index in [-0.39, 0.29) is 6.54 Å². The van der Waals surface area contributed by atoms with Crippen LogP contribution in [0.25, 0.3) is 0 Å². The molecule has 0 aliphatic rings. The van der Waals surface area contributed by atoms with Gasteiger partial charge in [-0.1, -0.05) is 19.0 Å². The van der Waals surface area contributed by atoms with Crippen LogP contribution in [0.15, 0.2) is 10.6 Å². The first kappa shape index (κ1) is 17.0. The lowest BCUT2D eigenvalue weighted by Gasteiger charge is -2.15. The Labute approximate surface area is 117 Å². The van der Waals surface area contributed by atoms with Gasteiger partial charge >= 0.3 is 6.18 Å². The van der Waals surface area contributed by atoms with E-state index in [0.717, 1.165) is 12.2 Å². The molecule has 0 aromatic carbocycles. The van der Waals surface area contributed by atoms with E-state index in [1.54, 1.807) is 18.0 Å². The zero-order valence-corrected chi connectivity index (χ0v) is 12.1. The molecule has 0 spiro atoms. The zero-order valence-electron chi connectivity index (χ0n) is 12.1. The van der Waals surface area contributed by atoms with E-state index in [1.807, 2.05) is 0 Å². The van der Waals surface area contributed by atoms with Crippen molar-refractivity contribution in [3.05, 3.63) is 17.5 Å². The molecule has 0 amide bonds.